The minimum Gasteiger partial charge on any atom is -0.493 e. The highest BCUT2D eigenvalue weighted by Crippen LogP contribution is 2.55. The number of hydrogen-bond acceptors (Lipinski definition) is 6. The minimum atomic E-state index is -0.700. The van der Waals surface area contributed by atoms with Crippen LogP contribution < -0.4 is 14.8 Å². The van der Waals surface area contributed by atoms with Crippen molar-refractivity contribution in [3.63, 3.8) is 0 Å². The van der Waals surface area contributed by atoms with Gasteiger partial charge in [-0.2, -0.15) is 0 Å². The molecule has 0 unspecified atom stereocenters. The van der Waals surface area contributed by atoms with Gasteiger partial charge in [0.1, 0.15) is 11.6 Å². The average Bonchev–Trinajstić information content (AvgIpc) is 2.78. The number of piperidine rings is 1. The summed E-state index contributed by atoms with van der Waals surface area (Å²) in [5.74, 6) is 1.50. The smallest absolute Gasteiger partial charge is 0.247 e. The SMILES string of the molecule is COc1cccc2c1OC(C)(C)[C@@H]1C[C@H]3CN(C(=O)[C@H](COC(C)(C)C)NC(C)=O)CC[C@H]3O[C@@H]21. The van der Waals surface area contributed by atoms with Crippen LogP contribution in [0.1, 0.15) is 66.1 Å². The third kappa shape index (κ3) is 5.43. The first-order chi connectivity index (χ1) is 16.4. The molecule has 3 aliphatic heterocycles. The van der Waals surface area contributed by atoms with Crippen LogP contribution in [0.3, 0.4) is 0 Å². The van der Waals surface area contributed by atoms with Crippen LogP contribution in [0.15, 0.2) is 18.2 Å². The number of carbonyl (C=O) groups is 2. The fraction of sp³-hybridized carbons (Fsp3) is 0.704. The second-order valence-corrected chi connectivity index (χ2v) is 11.5. The molecule has 3 aliphatic rings. The van der Waals surface area contributed by atoms with E-state index in [-0.39, 0.29) is 42.5 Å². The molecule has 4 rings (SSSR count). The molecule has 35 heavy (non-hydrogen) atoms. The Hall–Kier alpha value is -2.32. The number of benzene rings is 1. The van der Waals surface area contributed by atoms with E-state index in [9.17, 15) is 9.59 Å². The molecule has 0 bridgehead atoms. The van der Waals surface area contributed by atoms with Crippen LogP contribution in [-0.4, -0.2) is 66.9 Å². The number of hydrogen-bond donors (Lipinski definition) is 1. The summed E-state index contributed by atoms with van der Waals surface area (Å²) in [6.07, 6.45) is 1.65. The maximum absolute atomic E-state index is 13.4. The van der Waals surface area contributed by atoms with Crippen LogP contribution in [0, 0.1) is 11.8 Å². The Balaban J connectivity index is 1.50. The molecule has 0 spiro atoms. The number of ether oxygens (including phenoxy) is 4. The van der Waals surface area contributed by atoms with Gasteiger partial charge in [0.05, 0.1) is 31.5 Å². The van der Waals surface area contributed by atoms with Crippen molar-refractivity contribution in [1.29, 1.82) is 0 Å². The van der Waals surface area contributed by atoms with Gasteiger partial charge in [0.25, 0.3) is 0 Å². The average molecular weight is 489 g/mol. The monoisotopic (exact) mass is 488 g/mol. The summed E-state index contributed by atoms with van der Waals surface area (Å²) in [6.45, 7) is 12.8. The Kier molecular flexibility index (Phi) is 7.08. The molecule has 0 aliphatic carbocycles. The fourth-order valence-corrected chi connectivity index (χ4v) is 5.63. The predicted molar refractivity (Wildman–Crippen MR) is 131 cm³/mol. The largest absolute Gasteiger partial charge is 0.493 e. The van der Waals surface area contributed by atoms with Gasteiger partial charge in [0.15, 0.2) is 11.5 Å². The highest BCUT2D eigenvalue weighted by atomic mass is 16.5. The standard InChI is InChI=1S/C27H40N2O6/c1-16(30)28-20(15-33-26(2,3)4)25(31)29-12-11-21-17(14-29)13-19-23(34-21)18-9-8-10-22(32-7)24(18)35-27(19,5)6/h8-10,17,19-21,23H,11-15H2,1-7H3,(H,28,30)/t17-,19+,20-,21+,23-/m0/s1. The lowest BCUT2D eigenvalue weighted by Crippen LogP contribution is -2.58. The van der Waals surface area contributed by atoms with Gasteiger partial charge in [-0.25, -0.2) is 0 Å². The topological polar surface area (TPSA) is 86.3 Å². The zero-order chi connectivity index (χ0) is 25.5. The first kappa shape index (κ1) is 25.8. The fourth-order valence-electron chi connectivity index (χ4n) is 5.63. The predicted octanol–water partition coefficient (Wildman–Crippen LogP) is 3.48. The van der Waals surface area contributed by atoms with Crippen molar-refractivity contribution >= 4 is 11.8 Å². The highest BCUT2D eigenvalue weighted by molar-refractivity contribution is 5.87. The summed E-state index contributed by atoms with van der Waals surface area (Å²) in [4.78, 5) is 27.1. The number of fused-ring (bicyclic) bond motifs is 4. The number of nitrogens with zero attached hydrogens (tertiary/aromatic N) is 1. The molecule has 1 aromatic rings. The first-order valence-corrected chi connectivity index (χ1v) is 12.6. The van der Waals surface area contributed by atoms with Crippen molar-refractivity contribution in [2.24, 2.45) is 11.8 Å². The van der Waals surface area contributed by atoms with Crippen LogP contribution in [0.25, 0.3) is 0 Å². The van der Waals surface area contributed by atoms with Gasteiger partial charge in [-0.05, 0) is 53.5 Å². The summed E-state index contributed by atoms with van der Waals surface area (Å²) in [7, 11) is 1.66. The lowest BCUT2D eigenvalue weighted by molar-refractivity contribution is -0.189. The van der Waals surface area contributed by atoms with E-state index < -0.39 is 17.2 Å². The van der Waals surface area contributed by atoms with Crippen LogP contribution in [-0.2, 0) is 19.1 Å². The Bertz CT molecular complexity index is 955. The number of nitrogens with one attached hydrogen (secondary N) is 1. The van der Waals surface area contributed by atoms with Gasteiger partial charge >= 0.3 is 0 Å². The molecule has 2 fully saturated rings. The van der Waals surface area contributed by atoms with E-state index in [1.165, 1.54) is 6.92 Å². The molecule has 3 heterocycles. The Morgan fingerprint density at radius 3 is 2.69 bits per heavy atom. The highest BCUT2D eigenvalue weighted by Gasteiger charge is 2.52. The molecule has 8 heteroatoms. The molecule has 1 N–H and O–H groups in total. The maximum atomic E-state index is 13.4. The quantitative estimate of drug-likeness (QED) is 0.683. The van der Waals surface area contributed by atoms with Gasteiger partial charge in [0, 0.05) is 37.4 Å². The van der Waals surface area contributed by atoms with Crippen LogP contribution >= 0.6 is 0 Å². The lowest BCUT2D eigenvalue weighted by atomic mass is 9.70. The lowest BCUT2D eigenvalue weighted by Gasteiger charge is -2.53. The molecule has 2 saturated heterocycles. The molecule has 8 nitrogen and oxygen atoms in total. The summed E-state index contributed by atoms with van der Waals surface area (Å²) < 4.78 is 24.6. The zero-order valence-electron chi connectivity index (χ0n) is 22.1. The van der Waals surface area contributed by atoms with E-state index in [4.69, 9.17) is 18.9 Å². The number of likely N-dealkylation sites (tertiary alicyclic amines) is 1. The summed E-state index contributed by atoms with van der Waals surface area (Å²) >= 11 is 0. The van der Waals surface area contributed by atoms with Gasteiger partial charge in [0.2, 0.25) is 11.8 Å². The summed E-state index contributed by atoms with van der Waals surface area (Å²) in [5, 5.41) is 2.78. The number of para-hydroxylation sites is 1. The van der Waals surface area contributed by atoms with Crippen molar-refractivity contribution in [2.45, 2.75) is 83.8 Å². The van der Waals surface area contributed by atoms with Gasteiger partial charge < -0.3 is 29.2 Å². The third-order valence-electron chi connectivity index (χ3n) is 7.37. The van der Waals surface area contributed by atoms with Crippen molar-refractivity contribution in [3.05, 3.63) is 23.8 Å². The van der Waals surface area contributed by atoms with E-state index >= 15 is 0 Å². The molecule has 0 aromatic heterocycles. The Morgan fingerprint density at radius 1 is 1.29 bits per heavy atom. The molecular formula is C27H40N2O6. The summed E-state index contributed by atoms with van der Waals surface area (Å²) in [6, 6.07) is 5.26. The van der Waals surface area contributed by atoms with Gasteiger partial charge in [-0.1, -0.05) is 12.1 Å². The van der Waals surface area contributed by atoms with Crippen molar-refractivity contribution in [3.8, 4) is 11.5 Å². The van der Waals surface area contributed by atoms with Crippen molar-refractivity contribution in [2.75, 3.05) is 26.8 Å². The molecule has 2 amide bonds. The van der Waals surface area contributed by atoms with E-state index in [0.717, 1.165) is 29.9 Å². The first-order valence-electron chi connectivity index (χ1n) is 12.6. The zero-order valence-corrected chi connectivity index (χ0v) is 22.1. The maximum Gasteiger partial charge on any atom is 0.247 e. The molecule has 194 valence electrons. The number of amides is 2. The minimum absolute atomic E-state index is 0.0679. The van der Waals surface area contributed by atoms with Crippen LogP contribution in [0.4, 0.5) is 0 Å². The van der Waals surface area contributed by atoms with E-state index in [1.807, 2.05) is 37.8 Å². The molecule has 0 radical (unpaired) electrons. The van der Waals surface area contributed by atoms with E-state index in [2.05, 4.69) is 25.2 Å². The van der Waals surface area contributed by atoms with Crippen LogP contribution in [0.5, 0.6) is 11.5 Å². The molecule has 5 atom stereocenters. The van der Waals surface area contributed by atoms with E-state index in [0.29, 0.717) is 13.1 Å². The Labute approximate surface area is 208 Å². The Morgan fingerprint density at radius 2 is 2.03 bits per heavy atom. The van der Waals surface area contributed by atoms with Crippen molar-refractivity contribution < 1.29 is 28.5 Å². The molecular weight excluding hydrogens is 448 g/mol. The van der Waals surface area contributed by atoms with Crippen molar-refractivity contribution in [1.82, 2.24) is 10.2 Å². The number of carbonyl (C=O) groups excluding carboxylic acids is 2. The van der Waals surface area contributed by atoms with E-state index in [1.54, 1.807) is 7.11 Å². The summed E-state index contributed by atoms with van der Waals surface area (Å²) in [5.41, 5.74) is 0.195. The normalized spacial score (nSPS) is 28.0. The second-order valence-electron chi connectivity index (χ2n) is 11.5. The number of rotatable bonds is 5. The second kappa shape index (κ2) is 9.62. The van der Waals surface area contributed by atoms with Gasteiger partial charge in [-0.15, -0.1) is 0 Å². The van der Waals surface area contributed by atoms with Gasteiger partial charge in [-0.3, -0.25) is 9.59 Å². The molecule has 1 aromatic carbocycles. The van der Waals surface area contributed by atoms with Crippen LogP contribution in [0.2, 0.25) is 0 Å². The molecule has 0 saturated carbocycles. The number of methoxy groups -OCH3 is 1. The third-order valence-corrected chi connectivity index (χ3v) is 7.37.